The van der Waals surface area contributed by atoms with Gasteiger partial charge in [-0.05, 0) is 48.6 Å². The molecule has 29 heavy (non-hydrogen) atoms. The maximum atomic E-state index is 13.1. The summed E-state index contributed by atoms with van der Waals surface area (Å²) < 4.78 is 38.5. The van der Waals surface area contributed by atoms with Crippen LogP contribution in [0.25, 0.3) is 0 Å². The van der Waals surface area contributed by atoms with Crippen molar-refractivity contribution in [3.63, 3.8) is 0 Å². The number of nitrogens with one attached hydrogen (secondary N) is 1. The second kappa shape index (κ2) is 10.4. The van der Waals surface area contributed by atoms with E-state index in [1.54, 1.807) is 0 Å². The van der Waals surface area contributed by atoms with Gasteiger partial charge < -0.3 is 5.32 Å². The summed E-state index contributed by atoms with van der Waals surface area (Å²) in [5, 5.41) is 3.07. The van der Waals surface area contributed by atoms with Gasteiger partial charge >= 0.3 is 0 Å². The Kier molecular flexibility index (Phi) is 8.20. The van der Waals surface area contributed by atoms with Crippen molar-refractivity contribution in [3.05, 3.63) is 66.0 Å². The van der Waals surface area contributed by atoms with E-state index in [1.807, 2.05) is 30.3 Å². The summed E-state index contributed by atoms with van der Waals surface area (Å²) >= 11 is 0. The van der Waals surface area contributed by atoms with E-state index < -0.39 is 15.8 Å². The molecule has 0 bridgehead atoms. The number of anilines is 1. The lowest BCUT2D eigenvalue weighted by molar-refractivity contribution is -0.122. The zero-order valence-corrected chi connectivity index (χ0v) is 18.0. The van der Waals surface area contributed by atoms with Gasteiger partial charge in [-0.2, -0.15) is 0 Å². The Hall–Kier alpha value is -2.41. The summed E-state index contributed by atoms with van der Waals surface area (Å²) in [6, 6.07) is 15.0. The molecule has 2 aromatic rings. The topological polar surface area (TPSA) is 66.5 Å². The number of benzene rings is 2. The maximum absolute atomic E-state index is 13.1. The van der Waals surface area contributed by atoms with Crippen molar-refractivity contribution < 1.29 is 17.6 Å². The number of nitrogens with zero attached hydrogens (tertiary/aromatic N) is 1. The first-order valence-electron chi connectivity index (χ1n) is 9.74. The highest BCUT2D eigenvalue weighted by molar-refractivity contribution is 7.92. The van der Waals surface area contributed by atoms with Crippen molar-refractivity contribution in [1.29, 1.82) is 0 Å². The van der Waals surface area contributed by atoms with Gasteiger partial charge in [0.1, 0.15) is 5.82 Å². The normalized spacial score (nSPS) is 12.6. The van der Waals surface area contributed by atoms with Gasteiger partial charge in [-0.3, -0.25) is 9.10 Å². The molecule has 0 saturated carbocycles. The van der Waals surface area contributed by atoms with E-state index in [-0.39, 0.29) is 24.9 Å². The number of hydrogen-bond donors (Lipinski definition) is 1. The van der Waals surface area contributed by atoms with Crippen LogP contribution in [-0.2, 0) is 14.8 Å². The fraction of sp³-hybridized carbons (Fsp3) is 0.409. The van der Waals surface area contributed by atoms with Crippen LogP contribution in [0.2, 0.25) is 0 Å². The molecule has 0 radical (unpaired) electrons. The minimum atomic E-state index is -3.53. The highest BCUT2D eigenvalue weighted by Crippen LogP contribution is 2.22. The van der Waals surface area contributed by atoms with E-state index in [0.717, 1.165) is 18.2 Å². The molecule has 1 atom stereocenters. The molecule has 0 heterocycles. The zero-order valence-electron chi connectivity index (χ0n) is 17.1. The number of carbonyl (C=O) groups is 1. The number of carbonyl (C=O) groups excluding carboxylic acids is 1. The van der Waals surface area contributed by atoms with E-state index in [1.165, 1.54) is 28.6 Å². The van der Waals surface area contributed by atoms with Crippen LogP contribution in [0.5, 0.6) is 0 Å². The predicted octanol–water partition coefficient (Wildman–Crippen LogP) is 4.28. The van der Waals surface area contributed by atoms with E-state index in [9.17, 15) is 17.6 Å². The van der Waals surface area contributed by atoms with Gasteiger partial charge in [-0.25, -0.2) is 12.8 Å². The monoisotopic (exact) mass is 420 g/mol. The number of sulfonamides is 1. The molecule has 158 valence electrons. The second-order valence-corrected chi connectivity index (χ2v) is 9.48. The SMILES string of the molecule is CC(C)C[C@H](NC(=O)CCCN(c1ccc(F)cc1)S(C)(=O)=O)c1ccccc1. The first kappa shape index (κ1) is 22.9. The fourth-order valence-electron chi connectivity index (χ4n) is 3.18. The van der Waals surface area contributed by atoms with Crippen LogP contribution >= 0.6 is 0 Å². The lowest BCUT2D eigenvalue weighted by Crippen LogP contribution is -2.33. The van der Waals surface area contributed by atoms with Crippen molar-refractivity contribution >= 4 is 21.6 Å². The average molecular weight is 421 g/mol. The molecule has 0 fully saturated rings. The largest absolute Gasteiger partial charge is 0.349 e. The van der Waals surface area contributed by atoms with Crippen molar-refractivity contribution in [2.75, 3.05) is 17.1 Å². The number of rotatable bonds is 10. The Morgan fingerprint density at radius 1 is 1.07 bits per heavy atom. The smallest absolute Gasteiger partial charge is 0.232 e. The van der Waals surface area contributed by atoms with Gasteiger partial charge in [-0.1, -0.05) is 44.2 Å². The third kappa shape index (κ3) is 7.49. The lowest BCUT2D eigenvalue weighted by Gasteiger charge is -2.23. The van der Waals surface area contributed by atoms with Crippen LogP contribution < -0.4 is 9.62 Å². The molecule has 0 unspecified atom stereocenters. The van der Waals surface area contributed by atoms with E-state index in [2.05, 4.69) is 19.2 Å². The van der Waals surface area contributed by atoms with E-state index >= 15 is 0 Å². The predicted molar refractivity (Wildman–Crippen MR) is 115 cm³/mol. The van der Waals surface area contributed by atoms with E-state index in [0.29, 0.717) is 18.0 Å². The zero-order chi connectivity index (χ0) is 21.4. The number of halogens is 1. The molecule has 0 aromatic heterocycles. The molecule has 2 rings (SSSR count). The van der Waals surface area contributed by atoms with E-state index in [4.69, 9.17) is 0 Å². The molecule has 1 N–H and O–H groups in total. The fourth-order valence-corrected chi connectivity index (χ4v) is 4.14. The minimum absolute atomic E-state index is 0.0770. The number of hydrogen-bond acceptors (Lipinski definition) is 3. The Morgan fingerprint density at radius 3 is 2.24 bits per heavy atom. The Balaban J connectivity index is 1.98. The van der Waals surface area contributed by atoms with Crippen LogP contribution in [0.4, 0.5) is 10.1 Å². The summed E-state index contributed by atoms with van der Waals surface area (Å²) in [6.07, 6.45) is 2.49. The number of amides is 1. The van der Waals surface area contributed by atoms with Gasteiger partial charge in [-0.15, -0.1) is 0 Å². The molecule has 0 aliphatic carbocycles. The molecule has 0 aliphatic heterocycles. The molecule has 0 spiro atoms. The Morgan fingerprint density at radius 2 is 1.69 bits per heavy atom. The third-order valence-electron chi connectivity index (χ3n) is 4.52. The molecule has 0 saturated heterocycles. The molecular weight excluding hydrogens is 391 g/mol. The molecule has 0 aliphatic rings. The van der Waals surface area contributed by atoms with Gasteiger partial charge in [0.05, 0.1) is 18.0 Å². The van der Waals surface area contributed by atoms with Gasteiger partial charge in [0.15, 0.2) is 0 Å². The summed E-state index contributed by atoms with van der Waals surface area (Å²) in [7, 11) is -3.53. The molecular formula is C22H29FN2O3S. The standard InChI is InChI=1S/C22H29FN2O3S/c1-17(2)16-21(18-8-5-4-6-9-18)24-22(26)10-7-15-25(29(3,27)28)20-13-11-19(23)12-14-20/h4-6,8-9,11-14,17,21H,7,10,15-16H2,1-3H3,(H,24,26)/t21-/m0/s1. The molecule has 5 nitrogen and oxygen atoms in total. The highest BCUT2D eigenvalue weighted by atomic mass is 32.2. The first-order chi connectivity index (χ1) is 13.7. The van der Waals surface area contributed by atoms with Gasteiger partial charge in [0.2, 0.25) is 15.9 Å². The summed E-state index contributed by atoms with van der Waals surface area (Å²) in [5.41, 5.74) is 1.44. The minimum Gasteiger partial charge on any atom is -0.349 e. The van der Waals surface area contributed by atoms with Crippen molar-refractivity contribution in [2.24, 2.45) is 5.92 Å². The first-order valence-corrected chi connectivity index (χ1v) is 11.6. The average Bonchev–Trinajstić information content (AvgIpc) is 2.65. The van der Waals surface area contributed by atoms with Gasteiger partial charge in [0, 0.05) is 13.0 Å². The summed E-state index contributed by atoms with van der Waals surface area (Å²) in [5.74, 6) is -0.134. The lowest BCUT2D eigenvalue weighted by atomic mass is 9.97. The Labute approximate surface area is 173 Å². The van der Waals surface area contributed by atoms with Gasteiger partial charge in [0.25, 0.3) is 0 Å². The molecule has 2 aromatic carbocycles. The Bertz CT molecular complexity index is 884. The van der Waals surface area contributed by atoms with Crippen molar-refractivity contribution in [1.82, 2.24) is 5.32 Å². The molecule has 7 heteroatoms. The van der Waals surface area contributed by atoms with Crippen molar-refractivity contribution in [3.8, 4) is 0 Å². The van der Waals surface area contributed by atoms with Crippen LogP contribution in [0, 0.1) is 11.7 Å². The maximum Gasteiger partial charge on any atom is 0.232 e. The second-order valence-electron chi connectivity index (χ2n) is 7.58. The molecule has 1 amide bonds. The summed E-state index contributed by atoms with van der Waals surface area (Å²) in [4.78, 5) is 12.5. The van der Waals surface area contributed by atoms with Crippen LogP contribution in [-0.4, -0.2) is 27.1 Å². The summed E-state index contributed by atoms with van der Waals surface area (Å²) in [6.45, 7) is 4.36. The quantitative estimate of drug-likeness (QED) is 0.624. The van der Waals surface area contributed by atoms with Crippen LogP contribution in [0.1, 0.15) is 44.7 Å². The van der Waals surface area contributed by atoms with Crippen LogP contribution in [0.15, 0.2) is 54.6 Å². The van der Waals surface area contributed by atoms with Crippen LogP contribution in [0.3, 0.4) is 0 Å². The third-order valence-corrected chi connectivity index (χ3v) is 5.72. The van der Waals surface area contributed by atoms with Crippen molar-refractivity contribution in [2.45, 2.75) is 39.2 Å². The highest BCUT2D eigenvalue weighted by Gasteiger charge is 2.19.